The predicted octanol–water partition coefficient (Wildman–Crippen LogP) is 4.23. The fourth-order valence-electron chi connectivity index (χ4n) is 1.52. The summed E-state index contributed by atoms with van der Waals surface area (Å²) in [5, 5.41) is 8.05. The molecule has 1 aromatic carbocycles. The van der Waals surface area contributed by atoms with E-state index in [0.29, 0.717) is 6.42 Å². The van der Waals surface area contributed by atoms with Gasteiger partial charge in [0.1, 0.15) is 5.56 Å². The third kappa shape index (κ3) is 5.54. The summed E-state index contributed by atoms with van der Waals surface area (Å²) in [6.45, 7) is 5.97. The highest BCUT2D eigenvalue weighted by atomic mass is 35.5. The molecule has 1 N–H and O–H groups in total. The SMILES string of the molecule is CC(C)(C)CCOC(=O)c1c(Cl)c(Cl)cc(Cl)c1OC(=O)C(=O)O. The van der Waals surface area contributed by atoms with Crippen LogP contribution in [0.3, 0.4) is 0 Å². The Morgan fingerprint density at radius 1 is 1.12 bits per heavy atom. The van der Waals surface area contributed by atoms with E-state index in [1.54, 1.807) is 0 Å². The van der Waals surface area contributed by atoms with Crippen LogP contribution in [0.4, 0.5) is 0 Å². The van der Waals surface area contributed by atoms with Gasteiger partial charge in [0, 0.05) is 0 Å². The molecule has 0 amide bonds. The van der Waals surface area contributed by atoms with Crippen molar-refractivity contribution in [2.45, 2.75) is 27.2 Å². The Morgan fingerprint density at radius 2 is 1.71 bits per heavy atom. The van der Waals surface area contributed by atoms with Crippen LogP contribution in [0.25, 0.3) is 0 Å². The number of ether oxygens (including phenoxy) is 2. The lowest BCUT2D eigenvalue weighted by atomic mass is 9.93. The fourth-order valence-corrected chi connectivity index (χ4v) is 2.24. The second-order valence-electron chi connectivity index (χ2n) is 6.00. The highest BCUT2D eigenvalue weighted by molar-refractivity contribution is 6.46. The molecule has 0 heterocycles. The minimum absolute atomic E-state index is 0.0698. The summed E-state index contributed by atoms with van der Waals surface area (Å²) < 4.78 is 9.73. The van der Waals surface area contributed by atoms with Gasteiger partial charge in [-0.1, -0.05) is 55.6 Å². The number of carboxylic acids is 1. The van der Waals surface area contributed by atoms with Crippen LogP contribution in [0.15, 0.2) is 6.07 Å². The standard InChI is InChI=1S/C15H15Cl3O6/c1-15(2,3)4-5-23-13(21)9-10(18)7(16)6-8(17)11(9)24-14(22)12(19)20/h6H,4-5H2,1-3H3,(H,19,20). The van der Waals surface area contributed by atoms with Crippen LogP contribution >= 0.6 is 34.8 Å². The van der Waals surface area contributed by atoms with E-state index >= 15 is 0 Å². The van der Waals surface area contributed by atoms with Crippen molar-refractivity contribution in [3.05, 3.63) is 26.7 Å². The van der Waals surface area contributed by atoms with E-state index in [0.717, 1.165) is 6.07 Å². The van der Waals surface area contributed by atoms with Crippen molar-refractivity contribution in [3.63, 3.8) is 0 Å². The molecule has 1 rings (SSSR count). The molecule has 0 saturated heterocycles. The zero-order valence-electron chi connectivity index (χ0n) is 13.1. The quantitative estimate of drug-likeness (QED) is 0.354. The smallest absolute Gasteiger partial charge is 0.422 e. The van der Waals surface area contributed by atoms with Gasteiger partial charge in [-0.3, -0.25) is 0 Å². The monoisotopic (exact) mass is 396 g/mol. The van der Waals surface area contributed by atoms with Gasteiger partial charge >= 0.3 is 17.9 Å². The van der Waals surface area contributed by atoms with Crippen LogP contribution in [-0.4, -0.2) is 29.6 Å². The van der Waals surface area contributed by atoms with E-state index < -0.39 is 29.2 Å². The van der Waals surface area contributed by atoms with E-state index in [2.05, 4.69) is 4.74 Å². The zero-order valence-corrected chi connectivity index (χ0v) is 15.4. The number of carbonyl (C=O) groups excluding carboxylic acids is 2. The lowest BCUT2D eigenvalue weighted by molar-refractivity contribution is -0.158. The third-order valence-electron chi connectivity index (χ3n) is 2.79. The largest absolute Gasteiger partial charge is 0.473 e. The number of carbonyl (C=O) groups is 3. The van der Waals surface area contributed by atoms with Gasteiger partial charge in [-0.05, 0) is 17.9 Å². The Balaban J connectivity index is 3.17. The summed E-state index contributed by atoms with van der Waals surface area (Å²) >= 11 is 17.7. The second kappa shape index (κ2) is 8.05. The van der Waals surface area contributed by atoms with Gasteiger partial charge in [0.25, 0.3) is 0 Å². The van der Waals surface area contributed by atoms with E-state index in [4.69, 9.17) is 44.6 Å². The van der Waals surface area contributed by atoms with Gasteiger partial charge in [-0.15, -0.1) is 0 Å². The molecule has 0 aliphatic rings. The molecule has 1 aromatic rings. The first-order chi connectivity index (χ1) is 10.9. The minimum atomic E-state index is -1.86. The predicted molar refractivity (Wildman–Crippen MR) is 89.1 cm³/mol. The van der Waals surface area contributed by atoms with Gasteiger partial charge in [0.2, 0.25) is 0 Å². The van der Waals surface area contributed by atoms with Crippen LogP contribution < -0.4 is 4.74 Å². The van der Waals surface area contributed by atoms with Crippen molar-refractivity contribution in [1.82, 2.24) is 0 Å². The maximum atomic E-state index is 12.3. The van der Waals surface area contributed by atoms with Crippen molar-refractivity contribution in [3.8, 4) is 5.75 Å². The average Bonchev–Trinajstić information content (AvgIpc) is 2.43. The molecule has 0 radical (unpaired) electrons. The molecular weight excluding hydrogens is 383 g/mol. The first kappa shape index (κ1) is 20.5. The van der Waals surface area contributed by atoms with Crippen molar-refractivity contribution >= 4 is 52.7 Å². The van der Waals surface area contributed by atoms with E-state index in [9.17, 15) is 14.4 Å². The van der Waals surface area contributed by atoms with Crippen LogP contribution in [0.5, 0.6) is 5.75 Å². The third-order valence-corrected chi connectivity index (χ3v) is 3.85. The molecule has 0 unspecified atom stereocenters. The summed E-state index contributed by atoms with van der Waals surface area (Å²) in [6, 6.07) is 1.13. The van der Waals surface area contributed by atoms with Gasteiger partial charge in [-0.2, -0.15) is 0 Å². The van der Waals surface area contributed by atoms with Crippen molar-refractivity contribution in [2.75, 3.05) is 6.61 Å². The molecule has 0 fully saturated rings. The Bertz CT molecular complexity index is 679. The Labute approximate surface area is 153 Å². The van der Waals surface area contributed by atoms with Gasteiger partial charge in [-0.25, -0.2) is 14.4 Å². The molecule has 0 spiro atoms. The topological polar surface area (TPSA) is 89.9 Å². The van der Waals surface area contributed by atoms with Crippen LogP contribution in [0.2, 0.25) is 15.1 Å². The lowest BCUT2D eigenvalue weighted by Gasteiger charge is -2.18. The number of carboxylic acid groups (broad SMARTS) is 1. The van der Waals surface area contributed by atoms with Crippen molar-refractivity contribution in [1.29, 1.82) is 0 Å². The second-order valence-corrected chi connectivity index (χ2v) is 7.19. The van der Waals surface area contributed by atoms with E-state index in [1.807, 2.05) is 20.8 Å². The molecule has 0 bridgehead atoms. The maximum Gasteiger partial charge on any atom is 0.422 e. The summed E-state index contributed by atoms with van der Waals surface area (Å²) in [6.07, 6.45) is 0.564. The Morgan fingerprint density at radius 3 is 2.21 bits per heavy atom. The molecule has 0 aliphatic carbocycles. The van der Waals surface area contributed by atoms with Gasteiger partial charge < -0.3 is 14.6 Å². The lowest BCUT2D eigenvalue weighted by Crippen LogP contribution is -2.21. The molecule has 9 heteroatoms. The number of aliphatic carboxylic acids is 1. The molecule has 0 atom stereocenters. The normalized spacial score (nSPS) is 11.1. The molecular formula is C15H15Cl3O6. The molecule has 132 valence electrons. The summed E-state index contributed by atoms with van der Waals surface area (Å²) in [5.74, 6) is -4.93. The number of halogens is 3. The molecule has 6 nitrogen and oxygen atoms in total. The molecule has 24 heavy (non-hydrogen) atoms. The maximum absolute atomic E-state index is 12.3. The molecule has 0 aromatic heterocycles. The Kier molecular flexibility index (Phi) is 6.89. The number of esters is 2. The van der Waals surface area contributed by atoms with Crippen LogP contribution in [-0.2, 0) is 14.3 Å². The average molecular weight is 398 g/mol. The van der Waals surface area contributed by atoms with E-state index in [1.165, 1.54) is 0 Å². The fraction of sp³-hybridized carbons (Fsp3) is 0.400. The van der Waals surface area contributed by atoms with Gasteiger partial charge in [0.05, 0.1) is 21.7 Å². The van der Waals surface area contributed by atoms with Gasteiger partial charge in [0.15, 0.2) is 5.75 Å². The van der Waals surface area contributed by atoms with Crippen LogP contribution in [0, 0.1) is 5.41 Å². The summed E-state index contributed by atoms with van der Waals surface area (Å²) in [5.41, 5.74) is -0.480. The summed E-state index contributed by atoms with van der Waals surface area (Å²) in [4.78, 5) is 34.2. The molecule has 0 aliphatic heterocycles. The van der Waals surface area contributed by atoms with E-state index in [-0.39, 0.29) is 27.1 Å². The van der Waals surface area contributed by atoms with Crippen molar-refractivity contribution < 1.29 is 29.0 Å². The summed E-state index contributed by atoms with van der Waals surface area (Å²) in [7, 11) is 0. The number of rotatable bonds is 4. The minimum Gasteiger partial charge on any atom is -0.473 e. The number of benzene rings is 1. The first-order valence-electron chi connectivity index (χ1n) is 6.73. The van der Waals surface area contributed by atoms with Crippen LogP contribution in [0.1, 0.15) is 37.6 Å². The Hall–Kier alpha value is -1.50. The highest BCUT2D eigenvalue weighted by Gasteiger charge is 2.28. The van der Waals surface area contributed by atoms with Crippen molar-refractivity contribution in [2.24, 2.45) is 5.41 Å². The zero-order chi connectivity index (χ0) is 18.7. The first-order valence-corrected chi connectivity index (χ1v) is 7.87. The number of hydrogen-bond donors (Lipinski definition) is 1. The number of hydrogen-bond acceptors (Lipinski definition) is 5. The highest BCUT2D eigenvalue weighted by Crippen LogP contribution is 2.40. The molecule has 0 saturated carbocycles.